The van der Waals surface area contributed by atoms with Crippen molar-refractivity contribution in [2.24, 2.45) is 11.8 Å². The van der Waals surface area contributed by atoms with Gasteiger partial charge in [-0.1, -0.05) is 13.8 Å². The molecule has 0 aliphatic carbocycles. The first-order valence-corrected chi connectivity index (χ1v) is 3.18. The summed E-state index contributed by atoms with van der Waals surface area (Å²) in [5.41, 5.74) is 0. The van der Waals surface area contributed by atoms with E-state index >= 15 is 0 Å². The van der Waals surface area contributed by atoms with E-state index in [4.69, 9.17) is 5.84 Å². The van der Waals surface area contributed by atoms with Crippen LogP contribution in [-0.4, -0.2) is 24.8 Å². The van der Waals surface area contributed by atoms with Crippen molar-refractivity contribution in [2.75, 3.05) is 13.7 Å². The molecule has 0 spiro atoms. The summed E-state index contributed by atoms with van der Waals surface area (Å²) in [6, 6.07) is 0. The lowest BCUT2D eigenvalue weighted by molar-refractivity contribution is 0.119. The molecule has 0 aliphatic heterocycles. The average Bonchev–Trinajstić information content (AvgIpc) is 1.85. The summed E-state index contributed by atoms with van der Waals surface area (Å²) < 4.78 is 4.37. The predicted molar refractivity (Wildman–Crippen MR) is 38.1 cm³/mol. The highest BCUT2D eigenvalue weighted by Crippen LogP contribution is 1.94. The quantitative estimate of drug-likeness (QED) is 0.352. The van der Waals surface area contributed by atoms with Gasteiger partial charge in [0.25, 0.3) is 0 Å². The van der Waals surface area contributed by atoms with Crippen LogP contribution in [0.15, 0.2) is 0 Å². The first kappa shape index (κ1) is 9.23. The molecule has 0 unspecified atom stereocenters. The standard InChI is InChI=1S/C6H14N2O2/c1-5(2)4-8(7)6(9)10-3/h5H,4,7H2,1-3H3. The molecule has 0 rings (SSSR count). The maximum atomic E-state index is 10.6. The summed E-state index contributed by atoms with van der Waals surface area (Å²) in [6.07, 6.45) is -0.492. The number of methoxy groups -OCH3 is 1. The fraction of sp³-hybridized carbons (Fsp3) is 0.833. The topological polar surface area (TPSA) is 55.6 Å². The second kappa shape index (κ2) is 4.11. The van der Waals surface area contributed by atoms with Crippen LogP contribution >= 0.6 is 0 Å². The lowest BCUT2D eigenvalue weighted by Crippen LogP contribution is -2.39. The minimum atomic E-state index is -0.492. The van der Waals surface area contributed by atoms with Crippen molar-refractivity contribution in [3.63, 3.8) is 0 Å². The lowest BCUT2D eigenvalue weighted by atomic mass is 10.2. The van der Waals surface area contributed by atoms with Gasteiger partial charge in [0.05, 0.1) is 7.11 Å². The second-order valence-corrected chi connectivity index (χ2v) is 2.52. The molecule has 0 aromatic carbocycles. The highest BCUT2D eigenvalue weighted by molar-refractivity contribution is 5.66. The summed E-state index contributed by atoms with van der Waals surface area (Å²) >= 11 is 0. The molecule has 60 valence electrons. The number of nitrogens with zero attached hydrogens (tertiary/aromatic N) is 1. The summed E-state index contributed by atoms with van der Waals surface area (Å²) in [5.74, 6) is 5.65. The van der Waals surface area contributed by atoms with Crippen molar-refractivity contribution in [3.05, 3.63) is 0 Å². The minimum absolute atomic E-state index is 0.365. The van der Waals surface area contributed by atoms with Crippen molar-refractivity contribution in [3.8, 4) is 0 Å². The van der Waals surface area contributed by atoms with Crippen molar-refractivity contribution in [1.82, 2.24) is 5.01 Å². The van der Waals surface area contributed by atoms with Gasteiger partial charge >= 0.3 is 6.09 Å². The van der Waals surface area contributed by atoms with Gasteiger partial charge in [0.2, 0.25) is 0 Å². The van der Waals surface area contributed by atoms with E-state index < -0.39 is 6.09 Å². The zero-order chi connectivity index (χ0) is 8.15. The van der Waals surface area contributed by atoms with Crippen LogP contribution in [0.5, 0.6) is 0 Å². The molecule has 0 aromatic rings. The Kier molecular flexibility index (Phi) is 3.79. The largest absolute Gasteiger partial charge is 0.452 e. The van der Waals surface area contributed by atoms with Gasteiger partial charge in [-0.25, -0.2) is 15.6 Å². The summed E-state index contributed by atoms with van der Waals surface area (Å²) in [5, 5.41) is 1.06. The van der Waals surface area contributed by atoms with E-state index in [0.29, 0.717) is 12.5 Å². The third-order valence-electron chi connectivity index (χ3n) is 0.971. The molecular weight excluding hydrogens is 132 g/mol. The van der Waals surface area contributed by atoms with Gasteiger partial charge in [-0.15, -0.1) is 0 Å². The van der Waals surface area contributed by atoms with Crippen LogP contribution in [0.3, 0.4) is 0 Å². The Morgan fingerprint density at radius 3 is 2.50 bits per heavy atom. The first-order valence-electron chi connectivity index (χ1n) is 3.18. The van der Waals surface area contributed by atoms with E-state index in [2.05, 4.69) is 4.74 Å². The SMILES string of the molecule is COC(=O)N(N)CC(C)C. The van der Waals surface area contributed by atoms with Crippen molar-refractivity contribution < 1.29 is 9.53 Å². The number of rotatable bonds is 2. The van der Waals surface area contributed by atoms with Crippen LogP contribution in [0.1, 0.15) is 13.8 Å². The summed E-state index contributed by atoms with van der Waals surface area (Å²) in [7, 11) is 1.31. The Hall–Kier alpha value is -0.770. The zero-order valence-electron chi connectivity index (χ0n) is 6.63. The number of hydrogen-bond acceptors (Lipinski definition) is 3. The molecule has 10 heavy (non-hydrogen) atoms. The van der Waals surface area contributed by atoms with E-state index in [1.165, 1.54) is 7.11 Å². The number of carbonyl (C=O) groups is 1. The molecule has 0 heterocycles. The van der Waals surface area contributed by atoms with Crippen LogP contribution in [0.25, 0.3) is 0 Å². The van der Waals surface area contributed by atoms with E-state index in [-0.39, 0.29) is 0 Å². The van der Waals surface area contributed by atoms with Crippen molar-refractivity contribution in [1.29, 1.82) is 0 Å². The number of hydrogen-bond donors (Lipinski definition) is 1. The highest BCUT2D eigenvalue weighted by atomic mass is 16.5. The normalized spacial score (nSPS) is 9.70. The van der Waals surface area contributed by atoms with Gasteiger partial charge in [0.1, 0.15) is 0 Å². The van der Waals surface area contributed by atoms with Gasteiger partial charge in [-0.2, -0.15) is 0 Å². The smallest absolute Gasteiger partial charge is 0.423 e. The Morgan fingerprint density at radius 1 is 1.70 bits per heavy atom. The third kappa shape index (κ3) is 3.29. The monoisotopic (exact) mass is 146 g/mol. The van der Waals surface area contributed by atoms with Gasteiger partial charge in [0, 0.05) is 6.54 Å². The Labute approximate surface area is 60.9 Å². The highest BCUT2D eigenvalue weighted by Gasteiger charge is 2.09. The summed E-state index contributed by atoms with van der Waals surface area (Å²) in [4.78, 5) is 10.6. The van der Waals surface area contributed by atoms with E-state index in [9.17, 15) is 4.79 Å². The van der Waals surface area contributed by atoms with Gasteiger partial charge < -0.3 is 4.74 Å². The molecule has 4 heteroatoms. The number of nitrogens with two attached hydrogens (primary N) is 1. The second-order valence-electron chi connectivity index (χ2n) is 2.52. The Morgan fingerprint density at radius 2 is 2.20 bits per heavy atom. The molecule has 0 saturated carbocycles. The molecule has 0 bridgehead atoms. The average molecular weight is 146 g/mol. The van der Waals surface area contributed by atoms with Crippen LogP contribution in [-0.2, 0) is 4.74 Å². The Bertz CT molecular complexity index is 114. The van der Waals surface area contributed by atoms with Gasteiger partial charge in [-0.3, -0.25) is 0 Å². The fourth-order valence-corrected chi connectivity index (χ4v) is 0.585. The number of ether oxygens (including phenoxy) is 1. The first-order chi connectivity index (χ1) is 4.57. The van der Waals surface area contributed by atoms with E-state index in [1.54, 1.807) is 0 Å². The molecule has 2 N–H and O–H groups in total. The maximum absolute atomic E-state index is 10.6. The molecule has 0 saturated heterocycles. The van der Waals surface area contributed by atoms with Gasteiger partial charge in [0.15, 0.2) is 0 Å². The zero-order valence-corrected chi connectivity index (χ0v) is 6.63. The molecule has 0 aliphatic rings. The molecule has 0 atom stereocenters. The minimum Gasteiger partial charge on any atom is -0.452 e. The molecular formula is C6H14N2O2. The lowest BCUT2D eigenvalue weighted by Gasteiger charge is -2.16. The van der Waals surface area contributed by atoms with Crippen molar-refractivity contribution in [2.45, 2.75) is 13.8 Å². The molecule has 0 radical (unpaired) electrons. The maximum Gasteiger partial charge on any atom is 0.423 e. The number of carbonyl (C=O) groups excluding carboxylic acids is 1. The molecule has 4 nitrogen and oxygen atoms in total. The molecule has 1 amide bonds. The van der Waals surface area contributed by atoms with Gasteiger partial charge in [-0.05, 0) is 5.92 Å². The Balaban J connectivity index is 3.61. The van der Waals surface area contributed by atoms with Crippen LogP contribution in [0, 0.1) is 5.92 Å². The number of hydrazine groups is 1. The molecule has 0 fully saturated rings. The molecule has 0 aromatic heterocycles. The fourth-order valence-electron chi connectivity index (χ4n) is 0.585. The number of amides is 1. The van der Waals surface area contributed by atoms with Crippen molar-refractivity contribution >= 4 is 6.09 Å². The van der Waals surface area contributed by atoms with Crippen LogP contribution in [0.2, 0.25) is 0 Å². The van der Waals surface area contributed by atoms with Crippen LogP contribution < -0.4 is 5.84 Å². The van der Waals surface area contributed by atoms with Crippen LogP contribution in [0.4, 0.5) is 4.79 Å². The van der Waals surface area contributed by atoms with E-state index in [0.717, 1.165) is 5.01 Å². The predicted octanol–water partition coefficient (Wildman–Crippen LogP) is 0.584. The third-order valence-corrected chi connectivity index (χ3v) is 0.971. The van der Waals surface area contributed by atoms with E-state index in [1.807, 2.05) is 13.8 Å². The summed E-state index contributed by atoms with van der Waals surface area (Å²) in [6.45, 7) is 4.47.